The highest BCUT2D eigenvalue weighted by Gasteiger charge is 2.21. The van der Waals surface area contributed by atoms with Crippen molar-refractivity contribution < 1.29 is 4.79 Å². The molecule has 1 atom stereocenters. The van der Waals surface area contributed by atoms with Crippen molar-refractivity contribution in [1.82, 2.24) is 20.0 Å². The molecule has 0 radical (unpaired) electrons. The Morgan fingerprint density at radius 2 is 2.11 bits per heavy atom. The highest BCUT2D eigenvalue weighted by molar-refractivity contribution is 5.99. The predicted octanol–water partition coefficient (Wildman–Crippen LogP) is 4.67. The highest BCUT2D eigenvalue weighted by atomic mass is 16.1. The molecule has 2 aromatic rings. The zero-order chi connectivity index (χ0) is 20.1. The number of nitrogens with one attached hydrogen (secondary N) is 2. The van der Waals surface area contributed by atoms with E-state index in [9.17, 15) is 4.79 Å². The van der Waals surface area contributed by atoms with E-state index in [4.69, 9.17) is 0 Å². The summed E-state index contributed by atoms with van der Waals surface area (Å²) in [6.07, 6.45) is 11.6. The summed E-state index contributed by atoms with van der Waals surface area (Å²) in [5, 5.41) is 6.26. The number of carbonyl (C=O) groups excluding carboxylic acids is 1. The summed E-state index contributed by atoms with van der Waals surface area (Å²) in [4.78, 5) is 17.2. The minimum Gasteiger partial charge on any atom is -0.350 e. The van der Waals surface area contributed by atoms with E-state index in [-0.39, 0.29) is 11.9 Å². The molecule has 5 nitrogen and oxygen atoms in total. The van der Waals surface area contributed by atoms with Gasteiger partial charge in [0.1, 0.15) is 5.82 Å². The van der Waals surface area contributed by atoms with Gasteiger partial charge in [-0.15, -0.1) is 6.58 Å². The average Bonchev–Trinajstić information content (AvgIpc) is 3.10. The minimum absolute atomic E-state index is 0.126. The fourth-order valence-electron chi connectivity index (χ4n) is 2.83. The van der Waals surface area contributed by atoms with E-state index in [2.05, 4.69) is 35.2 Å². The number of nitrogens with zero attached hydrogens (tertiary/aromatic N) is 2. The van der Waals surface area contributed by atoms with Crippen LogP contribution in [0.15, 0.2) is 49.2 Å². The second kappa shape index (κ2) is 12.9. The van der Waals surface area contributed by atoms with Crippen LogP contribution >= 0.6 is 0 Å². The van der Waals surface area contributed by atoms with Crippen molar-refractivity contribution in [2.45, 2.75) is 52.5 Å². The lowest BCUT2D eigenvalue weighted by atomic mass is 10.1. The molecule has 2 N–H and O–H groups in total. The third kappa shape index (κ3) is 6.36. The van der Waals surface area contributed by atoms with Gasteiger partial charge in [0.2, 0.25) is 0 Å². The average molecular weight is 371 g/mol. The molecule has 148 valence electrons. The maximum atomic E-state index is 12.6. The molecule has 2 aromatic heterocycles. The van der Waals surface area contributed by atoms with Crippen molar-refractivity contribution in [2.75, 3.05) is 13.6 Å². The Morgan fingerprint density at radius 1 is 1.33 bits per heavy atom. The summed E-state index contributed by atoms with van der Waals surface area (Å²) in [7, 11) is 1.93. The predicted molar refractivity (Wildman–Crippen MR) is 114 cm³/mol. The van der Waals surface area contributed by atoms with Gasteiger partial charge in [-0.2, -0.15) is 0 Å². The molecule has 5 heteroatoms. The van der Waals surface area contributed by atoms with Gasteiger partial charge < -0.3 is 15.0 Å². The molecule has 0 aliphatic heterocycles. The summed E-state index contributed by atoms with van der Waals surface area (Å²) in [6, 6.07) is 5.96. The SMILES string of the molecule is C=CC/C=C/CCNC(=O)c1nc(C(CCC)NC)n2ccccc12.CC. The van der Waals surface area contributed by atoms with Crippen molar-refractivity contribution in [3.8, 4) is 0 Å². The molecule has 1 amide bonds. The second-order valence-corrected chi connectivity index (χ2v) is 5.94. The molecular weight excluding hydrogens is 336 g/mol. The van der Waals surface area contributed by atoms with Crippen LogP contribution in [-0.2, 0) is 0 Å². The Hall–Kier alpha value is -2.40. The van der Waals surface area contributed by atoms with E-state index in [1.165, 1.54) is 0 Å². The molecule has 2 heterocycles. The molecule has 0 fully saturated rings. The number of pyridine rings is 1. The lowest BCUT2D eigenvalue weighted by Gasteiger charge is -2.13. The first-order chi connectivity index (χ1) is 13.2. The fraction of sp³-hybridized carbons (Fsp3) is 0.455. The zero-order valence-corrected chi connectivity index (χ0v) is 17.2. The first kappa shape index (κ1) is 22.6. The summed E-state index contributed by atoms with van der Waals surface area (Å²) in [5.74, 6) is 0.759. The van der Waals surface area contributed by atoms with Gasteiger partial charge in [-0.25, -0.2) is 4.98 Å². The number of carbonyl (C=O) groups is 1. The minimum atomic E-state index is -0.126. The molecule has 0 spiro atoms. The first-order valence-corrected chi connectivity index (χ1v) is 9.91. The molecule has 0 aromatic carbocycles. The van der Waals surface area contributed by atoms with Gasteiger partial charge in [0.05, 0.1) is 11.6 Å². The maximum Gasteiger partial charge on any atom is 0.272 e. The van der Waals surface area contributed by atoms with Crippen molar-refractivity contribution in [3.05, 3.63) is 60.7 Å². The Balaban J connectivity index is 0.00000176. The van der Waals surface area contributed by atoms with Crippen molar-refractivity contribution in [2.24, 2.45) is 0 Å². The first-order valence-electron chi connectivity index (χ1n) is 9.91. The zero-order valence-electron chi connectivity index (χ0n) is 17.2. The number of amides is 1. The van der Waals surface area contributed by atoms with Crippen LogP contribution in [-0.4, -0.2) is 28.9 Å². The lowest BCUT2D eigenvalue weighted by Crippen LogP contribution is -2.25. The van der Waals surface area contributed by atoms with E-state index >= 15 is 0 Å². The number of allylic oxidation sites excluding steroid dienone is 2. The van der Waals surface area contributed by atoms with Crippen molar-refractivity contribution in [1.29, 1.82) is 0 Å². The van der Waals surface area contributed by atoms with Gasteiger partial charge >= 0.3 is 0 Å². The number of hydrogen-bond acceptors (Lipinski definition) is 3. The summed E-state index contributed by atoms with van der Waals surface area (Å²) in [6.45, 7) is 10.4. The van der Waals surface area contributed by atoms with Crippen LogP contribution in [0.25, 0.3) is 5.52 Å². The molecule has 0 aliphatic rings. The van der Waals surface area contributed by atoms with Crippen molar-refractivity contribution >= 4 is 11.4 Å². The molecule has 1 unspecified atom stereocenters. The number of fused-ring (bicyclic) bond motifs is 1. The Kier molecular flexibility index (Phi) is 10.8. The number of hydrogen-bond donors (Lipinski definition) is 2. The third-order valence-corrected chi connectivity index (χ3v) is 4.09. The molecule has 0 saturated heterocycles. The monoisotopic (exact) mass is 370 g/mol. The van der Waals surface area contributed by atoms with Gasteiger partial charge in [-0.1, -0.05) is 51.5 Å². The van der Waals surface area contributed by atoms with Crippen LogP contribution in [0, 0.1) is 0 Å². The second-order valence-electron chi connectivity index (χ2n) is 5.94. The number of aromatic nitrogens is 2. The molecular formula is C22H34N4O. The van der Waals surface area contributed by atoms with Gasteiger partial charge in [0.25, 0.3) is 5.91 Å². The molecule has 27 heavy (non-hydrogen) atoms. The normalized spacial score (nSPS) is 11.9. The van der Waals surface area contributed by atoms with E-state index < -0.39 is 0 Å². The Labute approximate surface area is 163 Å². The standard InChI is InChI=1S/C20H28N4O.C2H6/c1-4-6-7-8-10-14-22-20(25)18-17-13-9-11-15-24(17)19(23-18)16(21-3)12-5-2;1-2/h4,7-9,11,13,15-16,21H,1,5-6,10,12,14H2,2-3H3,(H,22,25);1-2H3/b8-7+;. The number of rotatable bonds is 10. The molecule has 0 aliphatic carbocycles. The molecule has 2 rings (SSSR count). The Bertz CT molecular complexity index is 733. The van der Waals surface area contributed by atoms with Crippen LogP contribution in [0.5, 0.6) is 0 Å². The van der Waals surface area contributed by atoms with E-state index in [1.54, 1.807) is 0 Å². The third-order valence-electron chi connectivity index (χ3n) is 4.09. The van der Waals surface area contributed by atoms with Crippen LogP contribution in [0.3, 0.4) is 0 Å². The smallest absolute Gasteiger partial charge is 0.272 e. The summed E-state index contributed by atoms with van der Waals surface area (Å²) < 4.78 is 2.01. The van der Waals surface area contributed by atoms with Gasteiger partial charge in [0.15, 0.2) is 5.69 Å². The summed E-state index contributed by atoms with van der Waals surface area (Å²) >= 11 is 0. The quantitative estimate of drug-likeness (QED) is 0.472. The van der Waals surface area contributed by atoms with E-state index in [1.807, 2.05) is 61.8 Å². The fourth-order valence-corrected chi connectivity index (χ4v) is 2.83. The number of imidazole rings is 1. The van der Waals surface area contributed by atoms with Crippen LogP contribution in [0.4, 0.5) is 0 Å². The van der Waals surface area contributed by atoms with E-state index in [0.29, 0.717) is 12.2 Å². The van der Waals surface area contributed by atoms with Crippen LogP contribution in [0.1, 0.15) is 68.8 Å². The lowest BCUT2D eigenvalue weighted by molar-refractivity contribution is 0.0951. The maximum absolute atomic E-state index is 12.6. The topological polar surface area (TPSA) is 58.4 Å². The summed E-state index contributed by atoms with van der Waals surface area (Å²) in [5.41, 5.74) is 1.33. The van der Waals surface area contributed by atoms with E-state index in [0.717, 1.165) is 37.0 Å². The van der Waals surface area contributed by atoms with Gasteiger partial charge in [-0.05, 0) is 38.4 Å². The molecule has 0 saturated carbocycles. The largest absolute Gasteiger partial charge is 0.350 e. The Morgan fingerprint density at radius 3 is 2.78 bits per heavy atom. The van der Waals surface area contributed by atoms with Gasteiger partial charge in [-0.3, -0.25) is 4.79 Å². The highest BCUT2D eigenvalue weighted by Crippen LogP contribution is 2.21. The van der Waals surface area contributed by atoms with Crippen molar-refractivity contribution in [3.63, 3.8) is 0 Å². The van der Waals surface area contributed by atoms with Crippen LogP contribution < -0.4 is 10.6 Å². The van der Waals surface area contributed by atoms with Crippen LogP contribution in [0.2, 0.25) is 0 Å². The van der Waals surface area contributed by atoms with Gasteiger partial charge in [0, 0.05) is 12.7 Å². The molecule has 0 bridgehead atoms.